The molecule has 0 aliphatic rings. The number of carbonyl (C=O) groups excluding carboxylic acids is 1. The van der Waals surface area contributed by atoms with Crippen molar-refractivity contribution < 1.29 is 27.1 Å². The van der Waals surface area contributed by atoms with Crippen LogP contribution in [-0.2, 0) is 6.18 Å². The van der Waals surface area contributed by atoms with Crippen molar-refractivity contribution in [2.75, 3.05) is 5.32 Å². The van der Waals surface area contributed by atoms with Gasteiger partial charge >= 0.3 is 6.18 Å². The molecule has 2 aromatic carbocycles. The van der Waals surface area contributed by atoms with Gasteiger partial charge in [-0.15, -0.1) is 0 Å². The van der Waals surface area contributed by atoms with Crippen LogP contribution in [0.25, 0.3) is 0 Å². The Bertz CT molecular complexity index is 1110. The number of aromatic nitrogens is 1. The van der Waals surface area contributed by atoms with Crippen molar-refractivity contribution >= 4 is 11.6 Å². The number of anilines is 1. The fraction of sp³-hybridized carbons (Fsp3) is 0.182. The van der Waals surface area contributed by atoms with Gasteiger partial charge in [0.2, 0.25) is 5.95 Å². The Kier molecular flexibility index (Phi) is 5.78. The molecule has 0 aliphatic carbocycles. The third kappa shape index (κ3) is 4.59. The monoisotopic (exact) mass is 418 g/mol. The lowest BCUT2D eigenvalue weighted by Crippen LogP contribution is -2.18. The van der Waals surface area contributed by atoms with Crippen molar-refractivity contribution in [1.82, 2.24) is 4.98 Å². The van der Waals surface area contributed by atoms with E-state index >= 15 is 0 Å². The lowest BCUT2D eigenvalue weighted by molar-refractivity contribution is -0.138. The molecule has 0 spiro atoms. The first-order valence-corrected chi connectivity index (χ1v) is 8.96. The van der Waals surface area contributed by atoms with E-state index < -0.39 is 23.6 Å². The Balaban J connectivity index is 2.08. The molecular weight excluding hydrogens is 400 g/mol. The van der Waals surface area contributed by atoms with Gasteiger partial charge in [0.1, 0.15) is 11.5 Å². The quantitative estimate of drug-likeness (QED) is 0.405. The highest BCUT2D eigenvalue weighted by Gasteiger charge is 2.35. The fourth-order valence-electron chi connectivity index (χ4n) is 3.02. The van der Waals surface area contributed by atoms with Crippen LogP contribution in [0.5, 0.6) is 11.5 Å². The summed E-state index contributed by atoms with van der Waals surface area (Å²) in [6, 6.07) is 11.1. The number of rotatable bonds is 4. The van der Waals surface area contributed by atoms with Gasteiger partial charge in [-0.1, -0.05) is 12.1 Å². The molecular formula is C22H18F4N2O2. The summed E-state index contributed by atoms with van der Waals surface area (Å²) < 4.78 is 59.2. The van der Waals surface area contributed by atoms with Crippen LogP contribution in [0.1, 0.15) is 32.7 Å². The van der Waals surface area contributed by atoms with Gasteiger partial charge in [0.15, 0.2) is 0 Å². The lowest BCUT2D eigenvalue weighted by atomic mass is 9.99. The number of benzene rings is 2. The highest BCUT2D eigenvalue weighted by atomic mass is 19.4. The summed E-state index contributed by atoms with van der Waals surface area (Å²) in [5.41, 5.74) is 0.00385. The molecule has 4 nitrogen and oxygen atoms in total. The highest BCUT2D eigenvalue weighted by molar-refractivity contribution is 6.07. The minimum atomic E-state index is -4.64. The molecule has 0 fully saturated rings. The second kappa shape index (κ2) is 8.14. The van der Waals surface area contributed by atoms with Crippen molar-refractivity contribution in [2.45, 2.75) is 26.9 Å². The van der Waals surface area contributed by atoms with Crippen molar-refractivity contribution in [3.05, 3.63) is 82.4 Å². The normalized spacial score (nSPS) is 11.3. The van der Waals surface area contributed by atoms with E-state index in [0.717, 1.165) is 23.8 Å². The molecule has 156 valence electrons. The minimum absolute atomic E-state index is 0.0952. The third-order valence-corrected chi connectivity index (χ3v) is 4.46. The summed E-state index contributed by atoms with van der Waals surface area (Å²) in [5, 5.41) is 2.61. The second-order valence-corrected chi connectivity index (χ2v) is 6.75. The topological polar surface area (TPSA) is 51.2 Å². The van der Waals surface area contributed by atoms with E-state index in [1.54, 1.807) is 18.2 Å². The van der Waals surface area contributed by atoms with E-state index in [-0.39, 0.29) is 28.3 Å². The predicted octanol–water partition coefficient (Wildman–Crippen LogP) is 6.21. The molecule has 0 bridgehead atoms. The molecule has 0 aliphatic heterocycles. The average Bonchev–Trinajstić information content (AvgIpc) is 2.63. The first-order valence-electron chi connectivity index (χ1n) is 8.96. The van der Waals surface area contributed by atoms with Crippen LogP contribution in [0.15, 0.2) is 48.5 Å². The van der Waals surface area contributed by atoms with Crippen LogP contribution in [-0.4, -0.2) is 10.9 Å². The second-order valence-electron chi connectivity index (χ2n) is 6.75. The third-order valence-electron chi connectivity index (χ3n) is 4.46. The summed E-state index contributed by atoms with van der Waals surface area (Å²) >= 11 is 0. The van der Waals surface area contributed by atoms with Crippen LogP contribution in [0.3, 0.4) is 0 Å². The van der Waals surface area contributed by atoms with Gasteiger partial charge in [0.25, 0.3) is 5.91 Å². The first kappa shape index (κ1) is 21.3. The molecule has 3 aromatic rings. The van der Waals surface area contributed by atoms with Gasteiger partial charge in [0, 0.05) is 5.69 Å². The van der Waals surface area contributed by atoms with Crippen molar-refractivity contribution in [1.29, 1.82) is 0 Å². The Morgan fingerprint density at radius 3 is 2.33 bits per heavy atom. The van der Waals surface area contributed by atoms with E-state index in [2.05, 4.69) is 10.3 Å². The predicted molar refractivity (Wildman–Crippen MR) is 104 cm³/mol. The van der Waals surface area contributed by atoms with Crippen LogP contribution >= 0.6 is 0 Å². The van der Waals surface area contributed by atoms with Gasteiger partial charge in [0.05, 0.1) is 16.8 Å². The summed E-state index contributed by atoms with van der Waals surface area (Å²) in [6.07, 6.45) is -4.64. The van der Waals surface area contributed by atoms with Crippen LogP contribution < -0.4 is 10.1 Å². The van der Waals surface area contributed by atoms with Gasteiger partial charge in [-0.3, -0.25) is 4.79 Å². The number of alkyl halides is 3. The number of amides is 1. The van der Waals surface area contributed by atoms with Crippen molar-refractivity contribution in [2.24, 2.45) is 0 Å². The number of hydrogen-bond acceptors (Lipinski definition) is 3. The highest BCUT2D eigenvalue weighted by Crippen LogP contribution is 2.38. The smallest absolute Gasteiger partial charge is 0.416 e. The number of pyridine rings is 1. The molecule has 0 atom stereocenters. The van der Waals surface area contributed by atoms with Crippen molar-refractivity contribution in [3.63, 3.8) is 0 Å². The number of hydrogen-bond donors (Lipinski definition) is 1. The Morgan fingerprint density at radius 1 is 1.00 bits per heavy atom. The number of aryl methyl sites for hydroxylation is 2. The zero-order valence-corrected chi connectivity index (χ0v) is 16.4. The Hall–Kier alpha value is -3.42. The molecule has 1 amide bonds. The van der Waals surface area contributed by atoms with Gasteiger partial charge in [-0.05, 0) is 68.3 Å². The number of nitrogens with zero attached hydrogens (tertiary/aromatic N) is 1. The molecule has 3 rings (SSSR count). The first-order chi connectivity index (χ1) is 14.1. The molecule has 30 heavy (non-hydrogen) atoms. The largest absolute Gasteiger partial charge is 0.455 e. The van der Waals surface area contributed by atoms with E-state index in [0.29, 0.717) is 5.69 Å². The van der Waals surface area contributed by atoms with Crippen LogP contribution in [0.4, 0.5) is 23.2 Å². The maximum atomic E-state index is 13.4. The number of carbonyl (C=O) groups is 1. The molecule has 1 N–H and O–H groups in total. The van der Waals surface area contributed by atoms with Gasteiger partial charge in [-0.2, -0.15) is 17.6 Å². The van der Waals surface area contributed by atoms with Crippen molar-refractivity contribution in [3.8, 4) is 11.5 Å². The summed E-state index contributed by atoms with van der Waals surface area (Å²) in [6.45, 7) is 4.52. The van der Waals surface area contributed by atoms with Crippen LogP contribution in [0, 0.1) is 26.7 Å². The Morgan fingerprint density at radius 2 is 1.70 bits per heavy atom. The molecule has 1 aromatic heterocycles. The summed E-state index contributed by atoms with van der Waals surface area (Å²) in [5.74, 6) is -1.45. The maximum Gasteiger partial charge on any atom is 0.416 e. The number of ether oxygens (including phenoxy) is 1. The maximum absolute atomic E-state index is 13.4. The fourth-order valence-corrected chi connectivity index (χ4v) is 3.02. The number of halogens is 4. The zero-order chi connectivity index (χ0) is 22.1. The number of nitrogens with one attached hydrogen (secondary N) is 1. The standard InChI is InChI=1S/C22H18F4N2O2/c1-12-5-4-6-15(11-12)28-21(29)20-13(2)16(22(24,25)26)7-8-18(20)30-17-9-10-19(23)27-14(17)3/h4-11H,1-3H3,(H,28,29). The molecule has 0 unspecified atom stereocenters. The molecule has 1 heterocycles. The van der Waals surface area contributed by atoms with E-state index in [1.165, 1.54) is 19.9 Å². The van der Waals surface area contributed by atoms with E-state index in [1.807, 2.05) is 13.0 Å². The van der Waals surface area contributed by atoms with E-state index in [4.69, 9.17) is 4.74 Å². The molecule has 0 radical (unpaired) electrons. The average molecular weight is 418 g/mol. The lowest BCUT2D eigenvalue weighted by Gasteiger charge is -2.18. The molecule has 0 saturated carbocycles. The van der Waals surface area contributed by atoms with Gasteiger partial charge in [-0.25, -0.2) is 4.98 Å². The zero-order valence-electron chi connectivity index (χ0n) is 16.4. The Labute approximate surface area is 170 Å². The molecule has 8 heteroatoms. The molecule has 0 saturated heterocycles. The van der Waals surface area contributed by atoms with Crippen LogP contribution in [0.2, 0.25) is 0 Å². The van der Waals surface area contributed by atoms with E-state index in [9.17, 15) is 22.4 Å². The summed E-state index contributed by atoms with van der Waals surface area (Å²) in [7, 11) is 0. The SMILES string of the molecule is Cc1cccc(NC(=O)c2c(Oc3ccc(F)nc3C)ccc(C(F)(F)F)c2C)c1. The minimum Gasteiger partial charge on any atom is -0.455 e. The van der Waals surface area contributed by atoms with Gasteiger partial charge < -0.3 is 10.1 Å². The summed E-state index contributed by atoms with van der Waals surface area (Å²) in [4.78, 5) is 16.6.